The molecule has 0 aliphatic heterocycles. The molecule has 0 bridgehead atoms. The molecule has 106 valence electrons. The van der Waals surface area contributed by atoms with E-state index in [0.717, 1.165) is 11.3 Å². The van der Waals surface area contributed by atoms with Crippen molar-refractivity contribution in [2.75, 3.05) is 0 Å². The molecule has 1 heterocycles. The largest absolute Gasteiger partial charge is 0.336 e. The van der Waals surface area contributed by atoms with Gasteiger partial charge in [-0.15, -0.1) is 0 Å². The fourth-order valence-corrected chi connectivity index (χ4v) is 3.04. The van der Waals surface area contributed by atoms with Crippen LogP contribution in [0.3, 0.4) is 0 Å². The van der Waals surface area contributed by atoms with Crippen LogP contribution in [0.1, 0.15) is 0 Å². The summed E-state index contributed by atoms with van der Waals surface area (Å²) >= 11 is 17.6. The molecule has 3 aromatic rings. The SMILES string of the molecule is Fc1cc(Cl)c(-n2c(-c3ccccc3)c[nH]c2=S)c(Cl)c1. The highest BCUT2D eigenvalue weighted by molar-refractivity contribution is 7.71. The molecular formula is C15H9Cl2FN2S. The van der Waals surface area contributed by atoms with Crippen LogP contribution in [-0.2, 0) is 0 Å². The van der Waals surface area contributed by atoms with Crippen molar-refractivity contribution in [2.45, 2.75) is 0 Å². The number of aromatic nitrogens is 2. The minimum Gasteiger partial charge on any atom is -0.336 e. The molecule has 21 heavy (non-hydrogen) atoms. The van der Waals surface area contributed by atoms with Crippen molar-refractivity contribution in [1.29, 1.82) is 0 Å². The third-order valence-electron chi connectivity index (χ3n) is 3.05. The van der Waals surface area contributed by atoms with Gasteiger partial charge in [-0.05, 0) is 24.4 Å². The van der Waals surface area contributed by atoms with E-state index in [1.54, 1.807) is 10.8 Å². The molecule has 6 heteroatoms. The lowest BCUT2D eigenvalue weighted by Crippen LogP contribution is -2.00. The summed E-state index contributed by atoms with van der Waals surface area (Å²) in [6, 6.07) is 12.1. The molecule has 0 amide bonds. The van der Waals surface area contributed by atoms with Crippen LogP contribution in [0.15, 0.2) is 48.7 Å². The summed E-state index contributed by atoms with van der Waals surface area (Å²) in [5, 5.41) is 0.403. The molecule has 0 saturated heterocycles. The van der Waals surface area contributed by atoms with Crippen molar-refractivity contribution in [1.82, 2.24) is 9.55 Å². The van der Waals surface area contributed by atoms with Crippen LogP contribution in [0, 0.1) is 10.6 Å². The average molecular weight is 339 g/mol. The second-order valence-electron chi connectivity index (χ2n) is 4.40. The maximum absolute atomic E-state index is 13.4. The molecule has 0 fully saturated rings. The summed E-state index contributed by atoms with van der Waals surface area (Å²) in [7, 11) is 0. The number of rotatable bonds is 2. The molecule has 1 N–H and O–H groups in total. The fraction of sp³-hybridized carbons (Fsp3) is 0. The van der Waals surface area contributed by atoms with Crippen LogP contribution in [0.4, 0.5) is 4.39 Å². The van der Waals surface area contributed by atoms with Gasteiger partial charge in [0.1, 0.15) is 5.82 Å². The number of hydrogen-bond acceptors (Lipinski definition) is 1. The zero-order valence-electron chi connectivity index (χ0n) is 10.6. The van der Waals surface area contributed by atoms with Gasteiger partial charge in [0.15, 0.2) is 4.77 Å². The van der Waals surface area contributed by atoms with Crippen LogP contribution in [0.25, 0.3) is 16.9 Å². The second-order valence-corrected chi connectivity index (χ2v) is 5.60. The molecule has 0 unspecified atom stereocenters. The Morgan fingerprint density at radius 2 is 1.67 bits per heavy atom. The highest BCUT2D eigenvalue weighted by atomic mass is 35.5. The quantitative estimate of drug-likeness (QED) is 0.599. The Kier molecular flexibility index (Phi) is 3.85. The standard InChI is InChI=1S/C15H9Cl2FN2S/c16-11-6-10(18)7-12(17)14(11)20-13(8-19-15(20)21)9-4-2-1-3-5-9/h1-8H,(H,19,21). The van der Waals surface area contributed by atoms with E-state index in [2.05, 4.69) is 4.98 Å². The van der Waals surface area contributed by atoms with Gasteiger partial charge in [-0.2, -0.15) is 0 Å². The Balaban J connectivity index is 2.30. The normalized spacial score (nSPS) is 10.8. The number of halogens is 3. The smallest absolute Gasteiger partial charge is 0.182 e. The first-order valence-corrected chi connectivity index (χ1v) is 7.25. The van der Waals surface area contributed by atoms with Crippen molar-refractivity contribution < 1.29 is 4.39 Å². The molecular weight excluding hydrogens is 330 g/mol. The number of aromatic amines is 1. The van der Waals surface area contributed by atoms with Crippen molar-refractivity contribution in [3.05, 3.63) is 69.3 Å². The Labute approximate surface area is 135 Å². The van der Waals surface area contributed by atoms with Crippen LogP contribution in [-0.4, -0.2) is 9.55 Å². The molecule has 1 aromatic heterocycles. The number of benzene rings is 2. The van der Waals surface area contributed by atoms with Crippen LogP contribution < -0.4 is 0 Å². The van der Waals surface area contributed by atoms with E-state index in [9.17, 15) is 4.39 Å². The van der Waals surface area contributed by atoms with E-state index in [1.165, 1.54) is 12.1 Å². The topological polar surface area (TPSA) is 20.7 Å². The predicted molar refractivity (Wildman–Crippen MR) is 86.4 cm³/mol. The first kappa shape index (κ1) is 14.3. The molecule has 0 radical (unpaired) electrons. The second kappa shape index (κ2) is 5.64. The zero-order chi connectivity index (χ0) is 15.0. The summed E-state index contributed by atoms with van der Waals surface area (Å²) in [5.41, 5.74) is 2.21. The van der Waals surface area contributed by atoms with Gasteiger partial charge in [0.05, 0.1) is 21.4 Å². The van der Waals surface area contributed by atoms with Gasteiger partial charge in [0, 0.05) is 11.8 Å². The van der Waals surface area contributed by atoms with E-state index in [4.69, 9.17) is 35.4 Å². The minimum absolute atomic E-state index is 0.202. The van der Waals surface area contributed by atoms with Crippen LogP contribution in [0.2, 0.25) is 10.0 Å². The van der Waals surface area contributed by atoms with E-state index in [1.807, 2.05) is 30.3 Å². The Bertz CT molecular complexity index is 833. The average Bonchev–Trinajstić information content (AvgIpc) is 2.81. The summed E-state index contributed by atoms with van der Waals surface area (Å²) in [4.78, 5) is 2.97. The number of nitrogens with one attached hydrogen (secondary N) is 1. The van der Waals surface area contributed by atoms with Crippen molar-refractivity contribution in [2.24, 2.45) is 0 Å². The van der Waals surface area contributed by atoms with E-state index >= 15 is 0 Å². The Morgan fingerprint density at radius 1 is 1.05 bits per heavy atom. The first-order chi connectivity index (χ1) is 10.1. The van der Waals surface area contributed by atoms with Gasteiger partial charge in [0.25, 0.3) is 0 Å². The van der Waals surface area contributed by atoms with E-state index in [-0.39, 0.29) is 10.0 Å². The van der Waals surface area contributed by atoms with E-state index in [0.29, 0.717) is 10.5 Å². The Morgan fingerprint density at radius 3 is 2.29 bits per heavy atom. The van der Waals surface area contributed by atoms with Crippen molar-refractivity contribution in [3.63, 3.8) is 0 Å². The highest BCUT2D eigenvalue weighted by Gasteiger charge is 2.16. The number of imidazole rings is 1. The molecule has 3 rings (SSSR count). The third-order valence-corrected chi connectivity index (χ3v) is 3.93. The van der Waals surface area contributed by atoms with Crippen LogP contribution >= 0.6 is 35.4 Å². The van der Waals surface area contributed by atoms with Gasteiger partial charge >= 0.3 is 0 Å². The minimum atomic E-state index is -0.489. The van der Waals surface area contributed by atoms with Gasteiger partial charge in [0.2, 0.25) is 0 Å². The molecule has 0 saturated carbocycles. The zero-order valence-corrected chi connectivity index (χ0v) is 12.9. The number of hydrogen-bond donors (Lipinski definition) is 1. The third kappa shape index (κ3) is 2.62. The summed E-state index contributed by atoms with van der Waals surface area (Å²) < 4.78 is 15.5. The summed E-state index contributed by atoms with van der Waals surface area (Å²) in [6.07, 6.45) is 1.77. The van der Waals surface area contributed by atoms with Gasteiger partial charge in [-0.1, -0.05) is 53.5 Å². The molecule has 2 aromatic carbocycles. The summed E-state index contributed by atoms with van der Waals surface area (Å²) in [6.45, 7) is 0. The molecule has 0 aliphatic carbocycles. The lowest BCUT2D eigenvalue weighted by molar-refractivity contribution is 0.627. The summed E-state index contributed by atoms with van der Waals surface area (Å²) in [5.74, 6) is -0.489. The molecule has 0 aliphatic rings. The maximum Gasteiger partial charge on any atom is 0.182 e. The van der Waals surface area contributed by atoms with Crippen molar-refractivity contribution in [3.8, 4) is 16.9 Å². The van der Waals surface area contributed by atoms with Gasteiger partial charge in [-0.3, -0.25) is 4.57 Å². The van der Waals surface area contributed by atoms with Gasteiger partial charge in [-0.25, -0.2) is 4.39 Å². The van der Waals surface area contributed by atoms with Gasteiger partial charge < -0.3 is 4.98 Å². The monoisotopic (exact) mass is 338 g/mol. The maximum atomic E-state index is 13.4. The van der Waals surface area contributed by atoms with Crippen molar-refractivity contribution >= 4 is 35.4 Å². The predicted octanol–water partition coefficient (Wildman–Crippen LogP) is 5.65. The van der Waals surface area contributed by atoms with E-state index < -0.39 is 5.82 Å². The lowest BCUT2D eigenvalue weighted by atomic mass is 10.1. The van der Waals surface area contributed by atoms with Crippen LogP contribution in [0.5, 0.6) is 0 Å². The molecule has 0 atom stereocenters. The molecule has 2 nitrogen and oxygen atoms in total. The fourth-order valence-electron chi connectivity index (χ4n) is 2.16. The number of H-pyrrole nitrogens is 1. The number of nitrogens with zero attached hydrogens (tertiary/aromatic N) is 1. The Hall–Kier alpha value is -1.62. The first-order valence-electron chi connectivity index (χ1n) is 6.08. The highest BCUT2D eigenvalue weighted by Crippen LogP contribution is 2.33. The molecule has 0 spiro atoms. The lowest BCUT2D eigenvalue weighted by Gasteiger charge is -2.12.